The zero-order valence-electron chi connectivity index (χ0n) is 12.1. The van der Waals surface area contributed by atoms with Crippen LogP contribution in [-0.2, 0) is 6.42 Å². The predicted octanol–water partition coefficient (Wildman–Crippen LogP) is 4.03. The number of nitrogens with one attached hydrogen (secondary N) is 1. The summed E-state index contributed by atoms with van der Waals surface area (Å²) in [6.07, 6.45) is 2.32. The number of hydrogen-bond acceptors (Lipinski definition) is 2. The fourth-order valence-electron chi connectivity index (χ4n) is 3.02. The minimum Gasteiger partial charge on any atom is -0.497 e. The van der Waals surface area contributed by atoms with Gasteiger partial charge in [0.2, 0.25) is 0 Å². The van der Waals surface area contributed by atoms with Crippen molar-refractivity contribution >= 4 is 0 Å². The Labute approximate surface area is 120 Å². The van der Waals surface area contributed by atoms with Crippen LogP contribution in [-0.4, -0.2) is 7.11 Å². The van der Waals surface area contributed by atoms with Crippen molar-refractivity contribution in [1.82, 2.24) is 5.32 Å². The van der Waals surface area contributed by atoms with Gasteiger partial charge in [0, 0.05) is 12.1 Å². The van der Waals surface area contributed by atoms with Crippen molar-refractivity contribution in [3.8, 4) is 5.75 Å². The van der Waals surface area contributed by atoms with Gasteiger partial charge in [-0.2, -0.15) is 0 Å². The first kappa shape index (κ1) is 13.2. The van der Waals surface area contributed by atoms with Crippen LogP contribution in [0.2, 0.25) is 0 Å². The van der Waals surface area contributed by atoms with E-state index in [-0.39, 0.29) is 0 Å². The van der Waals surface area contributed by atoms with Gasteiger partial charge >= 0.3 is 0 Å². The number of fused-ring (bicyclic) bond motifs is 1. The van der Waals surface area contributed by atoms with Crippen LogP contribution in [0.4, 0.5) is 0 Å². The van der Waals surface area contributed by atoms with Crippen LogP contribution in [0.5, 0.6) is 5.75 Å². The van der Waals surface area contributed by atoms with Crippen molar-refractivity contribution in [3.63, 3.8) is 0 Å². The summed E-state index contributed by atoms with van der Waals surface area (Å²) in [5.41, 5.74) is 4.18. The van der Waals surface area contributed by atoms with Crippen LogP contribution in [0.1, 0.15) is 42.1 Å². The van der Waals surface area contributed by atoms with E-state index in [1.807, 2.05) is 0 Å². The highest BCUT2D eigenvalue weighted by Gasteiger charge is 2.24. The molecule has 0 bridgehead atoms. The van der Waals surface area contributed by atoms with Gasteiger partial charge in [0.15, 0.2) is 0 Å². The third-order valence-corrected chi connectivity index (χ3v) is 4.18. The van der Waals surface area contributed by atoms with E-state index in [4.69, 9.17) is 4.74 Å². The van der Waals surface area contributed by atoms with Gasteiger partial charge in [-0.15, -0.1) is 0 Å². The Hall–Kier alpha value is -1.80. The van der Waals surface area contributed by atoms with E-state index in [9.17, 15) is 0 Å². The van der Waals surface area contributed by atoms with Crippen LogP contribution in [0.15, 0.2) is 48.5 Å². The zero-order valence-corrected chi connectivity index (χ0v) is 12.1. The first-order valence-corrected chi connectivity index (χ1v) is 7.25. The number of benzene rings is 2. The first-order chi connectivity index (χ1) is 9.78. The molecular weight excluding hydrogens is 246 g/mol. The van der Waals surface area contributed by atoms with Crippen molar-refractivity contribution < 1.29 is 4.74 Å². The fraction of sp³-hybridized carbons (Fsp3) is 0.333. The molecule has 2 atom stereocenters. The Bertz CT molecular complexity index is 579. The molecule has 0 amide bonds. The number of rotatable bonds is 4. The number of ether oxygens (including phenoxy) is 1. The van der Waals surface area contributed by atoms with Crippen LogP contribution in [0.25, 0.3) is 0 Å². The summed E-state index contributed by atoms with van der Waals surface area (Å²) in [5, 5.41) is 3.75. The summed E-state index contributed by atoms with van der Waals surface area (Å²) >= 11 is 0. The van der Waals surface area contributed by atoms with E-state index in [0.29, 0.717) is 12.1 Å². The maximum atomic E-state index is 5.35. The molecule has 2 aromatic carbocycles. The second-order valence-electron chi connectivity index (χ2n) is 5.46. The molecule has 0 heterocycles. The highest BCUT2D eigenvalue weighted by Crippen LogP contribution is 2.35. The molecule has 0 aromatic heterocycles. The summed E-state index contributed by atoms with van der Waals surface area (Å²) in [4.78, 5) is 0. The van der Waals surface area contributed by atoms with E-state index in [1.54, 1.807) is 7.11 Å². The lowest BCUT2D eigenvalue weighted by Gasteiger charge is -2.21. The molecular formula is C18H21NO. The topological polar surface area (TPSA) is 21.3 Å². The van der Waals surface area contributed by atoms with Gasteiger partial charge in [-0.05, 0) is 48.6 Å². The molecule has 0 saturated carbocycles. The largest absolute Gasteiger partial charge is 0.497 e. The van der Waals surface area contributed by atoms with Crippen molar-refractivity contribution in [3.05, 3.63) is 65.2 Å². The highest BCUT2D eigenvalue weighted by molar-refractivity contribution is 5.41. The second kappa shape index (κ2) is 5.68. The summed E-state index contributed by atoms with van der Waals surface area (Å²) in [6, 6.07) is 17.8. The Morgan fingerprint density at radius 1 is 1.15 bits per heavy atom. The van der Waals surface area contributed by atoms with Gasteiger partial charge in [-0.3, -0.25) is 0 Å². The van der Waals surface area contributed by atoms with Crippen molar-refractivity contribution in [2.75, 3.05) is 7.11 Å². The number of aryl methyl sites for hydroxylation is 1. The third kappa shape index (κ3) is 2.56. The molecule has 0 spiro atoms. The zero-order chi connectivity index (χ0) is 13.9. The SMILES string of the molecule is COc1ccc2c(c1)C(N[C@@H](C)c1ccccc1)CC2. The molecule has 0 aliphatic heterocycles. The maximum absolute atomic E-state index is 5.35. The van der Waals surface area contributed by atoms with E-state index in [1.165, 1.54) is 23.1 Å². The highest BCUT2D eigenvalue weighted by atomic mass is 16.5. The normalized spacial score (nSPS) is 18.6. The average Bonchev–Trinajstić information content (AvgIpc) is 2.90. The quantitative estimate of drug-likeness (QED) is 0.903. The lowest BCUT2D eigenvalue weighted by molar-refractivity contribution is 0.412. The first-order valence-electron chi connectivity index (χ1n) is 7.25. The van der Waals surface area contributed by atoms with Gasteiger partial charge in [0.25, 0.3) is 0 Å². The summed E-state index contributed by atoms with van der Waals surface area (Å²) in [6.45, 7) is 2.23. The van der Waals surface area contributed by atoms with Gasteiger partial charge in [0.1, 0.15) is 5.75 Å². The van der Waals surface area contributed by atoms with Crippen molar-refractivity contribution in [2.45, 2.75) is 31.8 Å². The Kier molecular flexibility index (Phi) is 3.75. The van der Waals surface area contributed by atoms with Gasteiger partial charge in [-0.25, -0.2) is 0 Å². The number of methoxy groups -OCH3 is 1. The van der Waals surface area contributed by atoms with E-state index < -0.39 is 0 Å². The van der Waals surface area contributed by atoms with Crippen LogP contribution in [0.3, 0.4) is 0 Å². The van der Waals surface area contributed by atoms with E-state index >= 15 is 0 Å². The summed E-state index contributed by atoms with van der Waals surface area (Å²) in [5.74, 6) is 0.949. The van der Waals surface area contributed by atoms with E-state index in [2.05, 4.69) is 60.8 Å². The Morgan fingerprint density at radius 3 is 2.70 bits per heavy atom. The van der Waals surface area contributed by atoms with Crippen molar-refractivity contribution in [2.24, 2.45) is 0 Å². The molecule has 20 heavy (non-hydrogen) atoms. The molecule has 104 valence electrons. The molecule has 2 heteroatoms. The predicted molar refractivity (Wildman–Crippen MR) is 82.0 cm³/mol. The molecule has 1 aliphatic rings. The van der Waals surface area contributed by atoms with Crippen LogP contribution in [0, 0.1) is 0 Å². The molecule has 0 fully saturated rings. The average molecular weight is 267 g/mol. The molecule has 2 nitrogen and oxygen atoms in total. The van der Waals surface area contributed by atoms with Gasteiger partial charge in [0.05, 0.1) is 7.11 Å². The minimum atomic E-state index is 0.360. The summed E-state index contributed by atoms with van der Waals surface area (Å²) in [7, 11) is 1.73. The van der Waals surface area contributed by atoms with Crippen LogP contribution < -0.4 is 10.1 Å². The lowest BCUT2D eigenvalue weighted by Crippen LogP contribution is -2.22. The summed E-state index contributed by atoms with van der Waals surface area (Å²) < 4.78 is 5.35. The third-order valence-electron chi connectivity index (χ3n) is 4.18. The molecule has 1 N–H and O–H groups in total. The van der Waals surface area contributed by atoms with E-state index in [0.717, 1.165) is 12.2 Å². The van der Waals surface area contributed by atoms with Gasteiger partial charge in [-0.1, -0.05) is 36.4 Å². The minimum absolute atomic E-state index is 0.360. The van der Waals surface area contributed by atoms with Gasteiger partial charge < -0.3 is 10.1 Å². The van der Waals surface area contributed by atoms with Crippen LogP contribution >= 0.6 is 0 Å². The molecule has 0 saturated heterocycles. The smallest absolute Gasteiger partial charge is 0.119 e. The molecule has 1 unspecified atom stereocenters. The molecule has 0 radical (unpaired) electrons. The molecule has 3 rings (SSSR count). The van der Waals surface area contributed by atoms with Crippen molar-refractivity contribution in [1.29, 1.82) is 0 Å². The molecule has 2 aromatic rings. The number of hydrogen-bond donors (Lipinski definition) is 1. The Morgan fingerprint density at radius 2 is 1.95 bits per heavy atom. The lowest BCUT2D eigenvalue weighted by atomic mass is 10.0. The maximum Gasteiger partial charge on any atom is 0.119 e. The Balaban J connectivity index is 1.78. The fourth-order valence-corrected chi connectivity index (χ4v) is 3.02. The monoisotopic (exact) mass is 267 g/mol. The second-order valence-corrected chi connectivity index (χ2v) is 5.46. The molecule has 1 aliphatic carbocycles. The standard InChI is InChI=1S/C18H21NO/c1-13(14-6-4-3-5-7-14)19-18-11-9-15-8-10-16(20-2)12-17(15)18/h3-8,10,12-13,18-19H,9,11H2,1-2H3/t13-,18?/m0/s1.